The Kier molecular flexibility index (Phi) is 5.27. The van der Waals surface area contributed by atoms with Crippen molar-refractivity contribution in [2.45, 2.75) is 20.5 Å². The normalized spacial score (nSPS) is 12.3. The third-order valence-electron chi connectivity index (χ3n) is 6.34. The van der Waals surface area contributed by atoms with Gasteiger partial charge < -0.3 is 9.64 Å². The summed E-state index contributed by atoms with van der Waals surface area (Å²) in [6.45, 7) is 4.69. The summed E-state index contributed by atoms with van der Waals surface area (Å²) in [5.74, 6) is 0.844. The van der Waals surface area contributed by atoms with E-state index >= 15 is 0 Å². The van der Waals surface area contributed by atoms with Crippen LogP contribution < -0.4 is 9.64 Å². The van der Waals surface area contributed by atoms with E-state index in [0.29, 0.717) is 6.61 Å². The number of nitrogens with zero attached hydrogens (tertiary/aromatic N) is 3. The zero-order valence-corrected chi connectivity index (χ0v) is 19.8. The Morgan fingerprint density at radius 3 is 2.11 bits per heavy atom. The van der Waals surface area contributed by atoms with Crippen molar-refractivity contribution in [1.29, 1.82) is 0 Å². The Bertz CT molecular complexity index is 1540. The lowest BCUT2D eigenvalue weighted by Crippen LogP contribution is -2.11. The highest BCUT2D eigenvalue weighted by Crippen LogP contribution is 2.46. The van der Waals surface area contributed by atoms with Crippen molar-refractivity contribution in [2.24, 2.45) is 0 Å². The summed E-state index contributed by atoms with van der Waals surface area (Å²) < 4.78 is 6.30. The molecule has 6 rings (SSSR count). The number of hydrogen-bond donors (Lipinski definition) is 0. The van der Waals surface area contributed by atoms with Crippen LogP contribution in [0.5, 0.6) is 5.75 Å². The lowest BCUT2D eigenvalue weighted by Gasteiger charge is -2.27. The van der Waals surface area contributed by atoms with Gasteiger partial charge >= 0.3 is 0 Å². The summed E-state index contributed by atoms with van der Waals surface area (Å²) in [5, 5.41) is 0. The van der Waals surface area contributed by atoms with E-state index in [2.05, 4.69) is 108 Å². The summed E-state index contributed by atoms with van der Waals surface area (Å²) in [6.07, 6.45) is 3.72. The number of rotatable bonds is 3. The third-order valence-corrected chi connectivity index (χ3v) is 6.34. The quantitative estimate of drug-likeness (QED) is 0.278. The molecule has 0 saturated carbocycles. The van der Waals surface area contributed by atoms with Gasteiger partial charge in [-0.25, -0.2) is 0 Å². The minimum absolute atomic E-state index is 0.515. The van der Waals surface area contributed by atoms with Gasteiger partial charge in [0.25, 0.3) is 0 Å². The molecule has 0 saturated heterocycles. The first-order chi connectivity index (χ1) is 17.2. The largest absolute Gasteiger partial charge is 0.487 e. The molecule has 35 heavy (non-hydrogen) atoms. The van der Waals surface area contributed by atoms with Crippen LogP contribution in [-0.2, 0) is 6.61 Å². The minimum atomic E-state index is 0.515. The summed E-state index contributed by atoms with van der Waals surface area (Å²) in [5.41, 5.74) is 10.7. The van der Waals surface area contributed by atoms with Crippen molar-refractivity contribution in [1.82, 2.24) is 9.97 Å². The fourth-order valence-electron chi connectivity index (χ4n) is 4.58. The van der Waals surface area contributed by atoms with Crippen molar-refractivity contribution in [2.75, 3.05) is 4.90 Å². The van der Waals surface area contributed by atoms with Crippen LogP contribution >= 0.6 is 0 Å². The summed E-state index contributed by atoms with van der Waals surface area (Å²) in [6, 6.07) is 31.6. The van der Waals surface area contributed by atoms with E-state index in [1.165, 1.54) is 11.1 Å². The van der Waals surface area contributed by atoms with Gasteiger partial charge in [-0.3, -0.25) is 9.97 Å². The number of pyridine rings is 2. The number of anilines is 3. The first-order valence-corrected chi connectivity index (χ1v) is 11.8. The molecule has 2 aromatic heterocycles. The fourth-order valence-corrected chi connectivity index (χ4v) is 4.58. The minimum Gasteiger partial charge on any atom is -0.487 e. The molecule has 170 valence electrons. The van der Waals surface area contributed by atoms with Crippen molar-refractivity contribution >= 4 is 17.1 Å². The van der Waals surface area contributed by atoms with Gasteiger partial charge in [-0.05, 0) is 85.6 Å². The molecule has 4 heteroatoms. The summed E-state index contributed by atoms with van der Waals surface area (Å²) >= 11 is 0. The molecular formula is C31H25N3O. The van der Waals surface area contributed by atoms with Gasteiger partial charge in [-0.1, -0.05) is 30.3 Å². The topological polar surface area (TPSA) is 38.2 Å². The molecule has 1 aliphatic rings. The maximum absolute atomic E-state index is 6.30. The molecule has 3 heterocycles. The van der Waals surface area contributed by atoms with Crippen molar-refractivity contribution < 1.29 is 4.74 Å². The lowest BCUT2D eigenvalue weighted by atomic mass is 10.0. The van der Waals surface area contributed by atoms with Gasteiger partial charge in [0, 0.05) is 34.8 Å². The van der Waals surface area contributed by atoms with Gasteiger partial charge in [-0.15, -0.1) is 0 Å². The van der Waals surface area contributed by atoms with Crippen LogP contribution in [0.25, 0.3) is 22.5 Å². The van der Waals surface area contributed by atoms with Crippen LogP contribution in [0.3, 0.4) is 0 Å². The molecule has 0 fully saturated rings. The number of fused-ring (bicyclic) bond motifs is 2. The SMILES string of the molecule is Cc1ccnc(-c2cccc(N3c4ccccc4COc4ccc(-c5cc(C)ccn5)cc43)c2)c1. The maximum atomic E-state index is 6.30. The average Bonchev–Trinajstić information content (AvgIpc) is 3.05. The fraction of sp³-hybridized carbons (Fsp3) is 0.0968. The molecule has 0 aliphatic carbocycles. The van der Waals surface area contributed by atoms with Gasteiger partial charge in [0.05, 0.1) is 22.8 Å². The molecule has 0 bridgehead atoms. The van der Waals surface area contributed by atoms with Crippen LogP contribution in [0, 0.1) is 13.8 Å². The van der Waals surface area contributed by atoms with E-state index < -0.39 is 0 Å². The average molecular weight is 456 g/mol. The maximum Gasteiger partial charge on any atom is 0.143 e. The molecule has 0 amide bonds. The Labute approximate surface area is 205 Å². The molecule has 3 aromatic carbocycles. The monoisotopic (exact) mass is 455 g/mol. The van der Waals surface area contributed by atoms with E-state index in [1.807, 2.05) is 24.5 Å². The number of ether oxygens (including phenoxy) is 1. The van der Waals surface area contributed by atoms with Crippen molar-refractivity contribution in [3.63, 3.8) is 0 Å². The van der Waals surface area contributed by atoms with Gasteiger partial charge in [0.1, 0.15) is 12.4 Å². The highest BCUT2D eigenvalue weighted by atomic mass is 16.5. The van der Waals surface area contributed by atoms with E-state index in [1.54, 1.807) is 0 Å². The molecule has 0 N–H and O–H groups in total. The first kappa shape index (κ1) is 21.1. The zero-order chi connectivity index (χ0) is 23.8. The smallest absolute Gasteiger partial charge is 0.143 e. The Hall–Kier alpha value is -4.44. The van der Waals surface area contributed by atoms with Crippen molar-refractivity contribution in [3.05, 3.63) is 120 Å². The Balaban J connectivity index is 1.55. The van der Waals surface area contributed by atoms with Crippen LogP contribution in [-0.4, -0.2) is 9.97 Å². The second-order valence-electron chi connectivity index (χ2n) is 8.92. The number of hydrogen-bond acceptors (Lipinski definition) is 4. The Morgan fingerprint density at radius 2 is 1.37 bits per heavy atom. The number of para-hydroxylation sites is 1. The lowest BCUT2D eigenvalue weighted by molar-refractivity contribution is 0.310. The first-order valence-electron chi connectivity index (χ1n) is 11.8. The van der Waals surface area contributed by atoms with Crippen LogP contribution in [0.2, 0.25) is 0 Å². The van der Waals surface area contributed by atoms with Gasteiger partial charge in [-0.2, -0.15) is 0 Å². The highest BCUT2D eigenvalue weighted by Gasteiger charge is 2.24. The highest BCUT2D eigenvalue weighted by molar-refractivity contribution is 5.86. The molecule has 0 radical (unpaired) electrons. The van der Waals surface area contributed by atoms with Gasteiger partial charge in [0.15, 0.2) is 0 Å². The molecule has 0 atom stereocenters. The van der Waals surface area contributed by atoms with Gasteiger partial charge in [0.2, 0.25) is 0 Å². The molecule has 0 spiro atoms. The van der Waals surface area contributed by atoms with Crippen molar-refractivity contribution in [3.8, 4) is 28.3 Å². The predicted molar refractivity (Wildman–Crippen MR) is 141 cm³/mol. The molecular weight excluding hydrogens is 430 g/mol. The summed E-state index contributed by atoms with van der Waals surface area (Å²) in [4.78, 5) is 11.5. The second-order valence-corrected chi connectivity index (χ2v) is 8.92. The molecule has 4 nitrogen and oxygen atoms in total. The van der Waals surface area contributed by atoms with Crippen LogP contribution in [0.4, 0.5) is 17.1 Å². The van der Waals surface area contributed by atoms with E-state index in [9.17, 15) is 0 Å². The number of aryl methyl sites for hydroxylation is 2. The van der Waals surface area contributed by atoms with E-state index in [4.69, 9.17) is 4.74 Å². The Morgan fingerprint density at radius 1 is 0.657 bits per heavy atom. The third kappa shape index (κ3) is 4.04. The number of benzene rings is 3. The van der Waals surface area contributed by atoms with E-state index in [-0.39, 0.29) is 0 Å². The predicted octanol–water partition coefficient (Wildman–Crippen LogP) is 7.79. The van der Waals surface area contributed by atoms with E-state index in [0.717, 1.165) is 50.9 Å². The number of aromatic nitrogens is 2. The molecule has 1 aliphatic heterocycles. The second kappa shape index (κ2) is 8.73. The van der Waals surface area contributed by atoms with Crippen LogP contribution in [0.15, 0.2) is 103 Å². The van der Waals surface area contributed by atoms with Crippen LogP contribution in [0.1, 0.15) is 16.7 Å². The zero-order valence-electron chi connectivity index (χ0n) is 19.8. The molecule has 5 aromatic rings. The standard InChI is InChI=1S/C31H25N3O/c1-21-12-14-32-27(16-21)23-7-5-8-26(18-23)34-29-9-4-3-6-25(29)20-35-31-11-10-24(19-30(31)34)28-17-22(2)13-15-33-28/h3-19H,20H2,1-2H3. The summed E-state index contributed by atoms with van der Waals surface area (Å²) in [7, 11) is 0. The molecule has 0 unspecified atom stereocenters.